The van der Waals surface area contributed by atoms with Gasteiger partial charge in [0.25, 0.3) is 11.4 Å². The van der Waals surface area contributed by atoms with Gasteiger partial charge in [-0.05, 0) is 35.4 Å². The molecule has 0 aliphatic rings. The van der Waals surface area contributed by atoms with Gasteiger partial charge in [0.2, 0.25) is 11.5 Å². The number of phenols is 2. The fraction of sp³-hybridized carbons (Fsp3) is 0.0667. The van der Waals surface area contributed by atoms with Gasteiger partial charge >= 0.3 is 11.4 Å². The summed E-state index contributed by atoms with van der Waals surface area (Å²) in [5.41, 5.74) is -5.04. The van der Waals surface area contributed by atoms with Gasteiger partial charge in [-0.25, -0.2) is 8.42 Å². The standard InChI is InChI=1S/C30H18Cl4N4O12S/c31-17-3-5-21(23(33)11-17)27(7-1-15-9-19(35(41)42)13-25(29(15)39)37(45)46)51(49,50)28(22-6-4-18(32)12-24(22)34)8-2-16-10-20(36(43)44)14-26(30(16)40)38(47)48/h1-14,27-28,39-40H. The van der Waals surface area contributed by atoms with E-state index in [1.807, 2.05) is 0 Å². The van der Waals surface area contributed by atoms with Crippen LogP contribution in [0.4, 0.5) is 22.7 Å². The third-order valence-corrected chi connectivity index (χ3v) is 10.5. The molecule has 0 aliphatic heterocycles. The van der Waals surface area contributed by atoms with Crippen LogP contribution < -0.4 is 0 Å². The van der Waals surface area contributed by atoms with Crippen LogP contribution in [0.5, 0.6) is 11.5 Å². The maximum absolute atomic E-state index is 14.8. The van der Waals surface area contributed by atoms with Crippen LogP contribution in [-0.2, 0) is 9.84 Å². The number of hydrogen-bond donors (Lipinski definition) is 2. The average molecular weight is 800 g/mol. The van der Waals surface area contributed by atoms with E-state index >= 15 is 0 Å². The molecule has 264 valence electrons. The van der Waals surface area contributed by atoms with Crippen molar-refractivity contribution < 1.29 is 38.3 Å². The van der Waals surface area contributed by atoms with Crippen molar-refractivity contribution >= 4 is 91.1 Å². The number of hydrogen-bond acceptors (Lipinski definition) is 12. The van der Waals surface area contributed by atoms with Gasteiger partial charge in [-0.3, -0.25) is 40.5 Å². The monoisotopic (exact) mass is 798 g/mol. The largest absolute Gasteiger partial charge is 0.502 e. The summed E-state index contributed by atoms with van der Waals surface area (Å²) < 4.78 is 29.6. The van der Waals surface area contributed by atoms with E-state index in [1.165, 1.54) is 36.4 Å². The minimum Gasteiger partial charge on any atom is -0.502 e. The van der Waals surface area contributed by atoms with Crippen LogP contribution in [0.25, 0.3) is 12.2 Å². The van der Waals surface area contributed by atoms with E-state index in [0.29, 0.717) is 12.1 Å². The van der Waals surface area contributed by atoms with Crippen LogP contribution in [0.3, 0.4) is 0 Å². The fourth-order valence-electron chi connectivity index (χ4n) is 4.78. The zero-order valence-corrected chi connectivity index (χ0v) is 28.8. The molecule has 0 saturated heterocycles. The first-order valence-corrected chi connectivity index (χ1v) is 16.8. The van der Waals surface area contributed by atoms with E-state index in [-0.39, 0.29) is 31.2 Å². The Morgan fingerprint density at radius 2 is 0.922 bits per heavy atom. The average Bonchev–Trinajstić information content (AvgIpc) is 3.03. The molecule has 0 fully saturated rings. The summed E-state index contributed by atoms with van der Waals surface area (Å²) in [7, 11) is -4.84. The topological polar surface area (TPSA) is 247 Å². The summed E-state index contributed by atoms with van der Waals surface area (Å²) in [6.45, 7) is 0. The van der Waals surface area contributed by atoms with Crippen molar-refractivity contribution in [2.75, 3.05) is 0 Å². The Balaban J connectivity index is 2.02. The third kappa shape index (κ3) is 8.35. The first-order valence-electron chi connectivity index (χ1n) is 13.6. The molecule has 51 heavy (non-hydrogen) atoms. The number of rotatable bonds is 12. The number of benzene rings is 4. The van der Waals surface area contributed by atoms with Gasteiger partial charge < -0.3 is 10.2 Å². The molecule has 2 N–H and O–H groups in total. The van der Waals surface area contributed by atoms with Crippen LogP contribution >= 0.6 is 46.4 Å². The number of phenolic OH excluding ortho intramolecular Hbond substituents is 2. The summed E-state index contributed by atoms with van der Waals surface area (Å²) in [6, 6.07) is 9.97. The number of sulfone groups is 1. The number of nitro groups is 4. The van der Waals surface area contributed by atoms with Crippen molar-refractivity contribution in [3.63, 3.8) is 0 Å². The highest BCUT2D eigenvalue weighted by Gasteiger charge is 2.36. The van der Waals surface area contributed by atoms with Gasteiger partial charge in [0.15, 0.2) is 9.84 Å². The molecule has 0 radical (unpaired) electrons. The van der Waals surface area contributed by atoms with Gasteiger partial charge in [0.05, 0.1) is 31.8 Å². The van der Waals surface area contributed by atoms with Crippen molar-refractivity contribution in [3.8, 4) is 11.5 Å². The minimum atomic E-state index is -4.84. The van der Waals surface area contributed by atoms with Crippen molar-refractivity contribution in [1.82, 2.24) is 0 Å². The molecule has 0 heterocycles. The second kappa shape index (κ2) is 15.3. The highest BCUT2D eigenvalue weighted by Crippen LogP contribution is 2.44. The first-order chi connectivity index (χ1) is 23.8. The van der Waals surface area contributed by atoms with Crippen molar-refractivity contribution in [1.29, 1.82) is 0 Å². The summed E-state index contributed by atoms with van der Waals surface area (Å²) in [5.74, 6) is -2.06. The van der Waals surface area contributed by atoms with Gasteiger partial charge in [0.1, 0.15) is 10.5 Å². The Hall–Kier alpha value is -5.33. The summed E-state index contributed by atoms with van der Waals surface area (Å²) >= 11 is 25.0. The normalized spacial score (nSPS) is 12.9. The van der Waals surface area contributed by atoms with Gasteiger partial charge in [-0.15, -0.1) is 0 Å². The number of aromatic hydroxyl groups is 2. The molecule has 16 nitrogen and oxygen atoms in total. The maximum atomic E-state index is 14.8. The number of nitro benzene ring substituents is 4. The van der Waals surface area contributed by atoms with Crippen LogP contribution in [0, 0.1) is 40.5 Å². The smallest absolute Gasteiger partial charge is 0.318 e. The van der Waals surface area contributed by atoms with Crippen LogP contribution in [-0.4, -0.2) is 38.3 Å². The molecule has 21 heteroatoms. The second-order valence-corrected chi connectivity index (χ2v) is 14.2. The number of nitrogens with zero attached hydrogens (tertiary/aromatic N) is 4. The van der Waals surface area contributed by atoms with Crippen LogP contribution in [0.1, 0.15) is 32.8 Å². The number of halogens is 4. The maximum Gasteiger partial charge on any atom is 0.318 e. The first kappa shape index (κ1) is 38.5. The van der Waals surface area contributed by atoms with E-state index < -0.39 is 85.4 Å². The Labute approximate surface area is 305 Å². The molecule has 4 aromatic carbocycles. The van der Waals surface area contributed by atoms with Crippen molar-refractivity contribution in [2.24, 2.45) is 0 Å². The summed E-state index contributed by atoms with van der Waals surface area (Å²) in [5, 5.41) is 63.3. The minimum absolute atomic E-state index is 0.0933. The summed E-state index contributed by atoms with van der Waals surface area (Å²) in [4.78, 5) is 41.9. The lowest BCUT2D eigenvalue weighted by Gasteiger charge is -2.23. The molecule has 0 bridgehead atoms. The Morgan fingerprint density at radius 1 is 0.569 bits per heavy atom. The number of non-ortho nitro benzene ring substituents is 2. The quantitative estimate of drug-likeness (QED) is 0.101. The zero-order valence-electron chi connectivity index (χ0n) is 24.9. The van der Waals surface area contributed by atoms with Crippen LogP contribution in [0.2, 0.25) is 20.1 Å². The molecule has 0 aromatic heterocycles. The van der Waals surface area contributed by atoms with E-state index in [2.05, 4.69) is 0 Å². The Morgan fingerprint density at radius 3 is 1.22 bits per heavy atom. The molecule has 0 saturated carbocycles. The Bertz CT molecular complexity index is 2150. The highest BCUT2D eigenvalue weighted by atomic mass is 35.5. The SMILES string of the molecule is O=[N+]([O-])c1cc(C=CC(c2ccc(Cl)cc2Cl)S(=O)(=O)C(C=Cc2cc([N+](=O)[O-])cc([N+](=O)[O-])c2O)c2ccc(Cl)cc2Cl)c(O)c([N+](=O)[O-])c1. The van der Waals surface area contributed by atoms with E-state index in [4.69, 9.17) is 46.4 Å². The lowest BCUT2D eigenvalue weighted by Crippen LogP contribution is -2.19. The van der Waals surface area contributed by atoms with Gasteiger partial charge in [-0.2, -0.15) is 0 Å². The lowest BCUT2D eigenvalue weighted by molar-refractivity contribution is -0.395. The molecule has 0 aliphatic carbocycles. The molecular formula is C30H18Cl4N4O12S. The third-order valence-electron chi connectivity index (χ3n) is 7.17. The predicted octanol–water partition coefficient (Wildman–Crippen LogP) is 8.97. The molecular weight excluding hydrogens is 782 g/mol. The zero-order chi connectivity index (χ0) is 37.9. The molecule has 0 amide bonds. The van der Waals surface area contributed by atoms with Gasteiger partial charge in [-0.1, -0.05) is 82.8 Å². The van der Waals surface area contributed by atoms with E-state index in [1.54, 1.807) is 0 Å². The summed E-state index contributed by atoms with van der Waals surface area (Å²) in [6.07, 6.45) is 3.60. The molecule has 2 unspecified atom stereocenters. The molecule has 2 atom stereocenters. The molecule has 4 aromatic rings. The van der Waals surface area contributed by atoms with Crippen molar-refractivity contribution in [2.45, 2.75) is 10.5 Å². The van der Waals surface area contributed by atoms with Crippen LogP contribution in [0.15, 0.2) is 72.8 Å². The Kier molecular flexibility index (Phi) is 11.5. The van der Waals surface area contributed by atoms with E-state index in [0.717, 1.165) is 36.4 Å². The van der Waals surface area contributed by atoms with Crippen molar-refractivity contribution in [3.05, 3.63) is 156 Å². The molecule has 4 rings (SSSR count). The highest BCUT2D eigenvalue weighted by molar-refractivity contribution is 7.92. The van der Waals surface area contributed by atoms with Gasteiger partial charge in [0, 0.05) is 43.4 Å². The molecule has 0 spiro atoms. The predicted molar refractivity (Wildman–Crippen MR) is 188 cm³/mol. The van der Waals surface area contributed by atoms with E-state index in [9.17, 15) is 59.1 Å². The fourth-order valence-corrected chi connectivity index (χ4v) is 7.99. The second-order valence-electron chi connectivity index (χ2n) is 10.3. The lowest BCUT2D eigenvalue weighted by atomic mass is 10.1.